The van der Waals surface area contributed by atoms with Crippen LogP contribution in [0.15, 0.2) is 0 Å². The third-order valence-corrected chi connectivity index (χ3v) is 4.49. The number of rotatable bonds is 2. The summed E-state index contributed by atoms with van der Waals surface area (Å²) in [6.07, 6.45) is 2.76. The van der Waals surface area contributed by atoms with E-state index in [4.69, 9.17) is 5.11 Å². The van der Waals surface area contributed by atoms with Crippen molar-refractivity contribution >= 4 is 12.0 Å². The van der Waals surface area contributed by atoms with Gasteiger partial charge in [-0.05, 0) is 32.6 Å². The Morgan fingerprint density at radius 1 is 1.26 bits per heavy atom. The van der Waals surface area contributed by atoms with E-state index in [9.17, 15) is 14.7 Å². The summed E-state index contributed by atoms with van der Waals surface area (Å²) in [7, 11) is 0. The lowest BCUT2D eigenvalue weighted by Crippen LogP contribution is -2.51. The lowest BCUT2D eigenvalue weighted by atomic mass is 9.80. The molecule has 2 heterocycles. The topological polar surface area (TPSA) is 81.1 Å². The van der Waals surface area contributed by atoms with Gasteiger partial charge in [0.15, 0.2) is 0 Å². The second kappa shape index (κ2) is 5.36. The molecule has 0 radical (unpaired) electrons. The molecule has 0 saturated carbocycles. The fourth-order valence-corrected chi connectivity index (χ4v) is 2.86. The molecule has 19 heavy (non-hydrogen) atoms. The molecule has 2 fully saturated rings. The predicted molar refractivity (Wildman–Crippen MR) is 68.8 cm³/mol. The molecule has 0 spiro atoms. The molecule has 2 aliphatic rings. The third-order valence-electron chi connectivity index (χ3n) is 4.49. The normalized spacial score (nSPS) is 26.5. The van der Waals surface area contributed by atoms with Crippen LogP contribution in [0.1, 0.15) is 32.6 Å². The van der Waals surface area contributed by atoms with Gasteiger partial charge in [-0.3, -0.25) is 4.79 Å². The average molecular weight is 270 g/mol. The molecule has 6 nitrogen and oxygen atoms in total. The van der Waals surface area contributed by atoms with Crippen molar-refractivity contribution in [2.75, 3.05) is 26.2 Å². The number of aliphatic hydroxyl groups is 1. The molecule has 0 aromatic heterocycles. The summed E-state index contributed by atoms with van der Waals surface area (Å²) in [5.41, 5.74) is -0.710. The summed E-state index contributed by atoms with van der Waals surface area (Å²) in [5.74, 6) is -0.783. The molecule has 2 aliphatic heterocycles. The molecule has 2 rings (SSSR count). The smallest absolute Gasteiger partial charge is 0.320 e. The third kappa shape index (κ3) is 2.68. The summed E-state index contributed by atoms with van der Waals surface area (Å²) in [5, 5.41) is 18.4. The summed E-state index contributed by atoms with van der Waals surface area (Å²) >= 11 is 0. The average Bonchev–Trinajstić information content (AvgIpc) is 2.87. The van der Waals surface area contributed by atoms with Gasteiger partial charge in [-0.15, -0.1) is 0 Å². The van der Waals surface area contributed by atoms with E-state index in [2.05, 4.69) is 0 Å². The molecule has 108 valence electrons. The van der Waals surface area contributed by atoms with Gasteiger partial charge in [-0.1, -0.05) is 0 Å². The number of carboxylic acids is 1. The molecule has 2 amide bonds. The molecule has 2 N–H and O–H groups in total. The van der Waals surface area contributed by atoms with Gasteiger partial charge in [-0.25, -0.2) is 4.79 Å². The number of hydrogen-bond donors (Lipinski definition) is 2. The maximum Gasteiger partial charge on any atom is 0.320 e. The van der Waals surface area contributed by atoms with Crippen molar-refractivity contribution in [3.8, 4) is 0 Å². The lowest BCUT2D eigenvalue weighted by Gasteiger charge is -2.39. The standard InChI is InChI=1S/C13H22N2O4/c1-13(11(17)18)4-7-14(8-5-13)12(19)15-6-2-3-10(15)9-16/h10,16H,2-9H2,1H3,(H,17,18). The van der Waals surface area contributed by atoms with Crippen LogP contribution in [-0.4, -0.2) is 64.3 Å². The SMILES string of the molecule is CC1(C(=O)O)CCN(C(=O)N2CCCC2CO)CC1. The van der Waals surface area contributed by atoms with E-state index in [0.29, 0.717) is 32.5 Å². The Kier molecular flexibility index (Phi) is 3.99. The zero-order valence-corrected chi connectivity index (χ0v) is 11.3. The second-order valence-corrected chi connectivity index (χ2v) is 5.81. The van der Waals surface area contributed by atoms with Crippen LogP contribution in [0.3, 0.4) is 0 Å². The number of likely N-dealkylation sites (tertiary alicyclic amines) is 2. The van der Waals surface area contributed by atoms with Crippen molar-refractivity contribution in [2.45, 2.75) is 38.6 Å². The van der Waals surface area contributed by atoms with Crippen molar-refractivity contribution in [2.24, 2.45) is 5.41 Å². The van der Waals surface area contributed by atoms with Crippen LogP contribution in [0.2, 0.25) is 0 Å². The number of carboxylic acid groups (broad SMARTS) is 1. The van der Waals surface area contributed by atoms with Gasteiger partial charge in [-0.2, -0.15) is 0 Å². The molecular formula is C13H22N2O4. The number of amides is 2. The predicted octanol–water partition coefficient (Wildman–Crippen LogP) is 0.750. The molecule has 6 heteroatoms. The van der Waals surface area contributed by atoms with E-state index in [1.807, 2.05) is 0 Å². The van der Waals surface area contributed by atoms with Crippen LogP contribution >= 0.6 is 0 Å². The van der Waals surface area contributed by atoms with Gasteiger partial charge in [0.25, 0.3) is 0 Å². The molecule has 0 aliphatic carbocycles. The van der Waals surface area contributed by atoms with Crippen LogP contribution in [0.25, 0.3) is 0 Å². The van der Waals surface area contributed by atoms with Crippen molar-refractivity contribution < 1.29 is 19.8 Å². The largest absolute Gasteiger partial charge is 0.481 e. The Bertz CT molecular complexity index is 364. The van der Waals surface area contributed by atoms with Crippen LogP contribution in [0.4, 0.5) is 4.79 Å². The molecule has 1 unspecified atom stereocenters. The van der Waals surface area contributed by atoms with Crippen LogP contribution in [0.5, 0.6) is 0 Å². The zero-order chi connectivity index (χ0) is 14.0. The van der Waals surface area contributed by atoms with Gasteiger partial charge in [0, 0.05) is 19.6 Å². The minimum Gasteiger partial charge on any atom is -0.481 e. The fourth-order valence-electron chi connectivity index (χ4n) is 2.86. The van der Waals surface area contributed by atoms with Crippen LogP contribution in [-0.2, 0) is 4.79 Å². The number of carbonyl (C=O) groups is 2. The maximum absolute atomic E-state index is 12.3. The lowest BCUT2D eigenvalue weighted by molar-refractivity contribution is -0.150. The van der Waals surface area contributed by atoms with Gasteiger partial charge in [0.2, 0.25) is 0 Å². The van der Waals surface area contributed by atoms with E-state index >= 15 is 0 Å². The number of hydrogen-bond acceptors (Lipinski definition) is 3. The van der Waals surface area contributed by atoms with Crippen molar-refractivity contribution in [3.05, 3.63) is 0 Å². The number of urea groups is 1. The van der Waals surface area contributed by atoms with E-state index in [0.717, 1.165) is 12.8 Å². The summed E-state index contributed by atoms with van der Waals surface area (Å²) in [6, 6.07) is -0.121. The molecule has 2 saturated heterocycles. The maximum atomic E-state index is 12.3. The molecule has 0 aromatic rings. The number of carbonyl (C=O) groups excluding carboxylic acids is 1. The van der Waals surface area contributed by atoms with Crippen LogP contribution < -0.4 is 0 Å². The summed E-state index contributed by atoms with van der Waals surface area (Å²) < 4.78 is 0. The number of nitrogens with zero attached hydrogens (tertiary/aromatic N) is 2. The van der Waals surface area contributed by atoms with Crippen molar-refractivity contribution in [1.29, 1.82) is 0 Å². The first-order chi connectivity index (χ1) is 8.98. The van der Waals surface area contributed by atoms with Crippen molar-refractivity contribution in [1.82, 2.24) is 9.80 Å². The first kappa shape index (κ1) is 14.1. The highest BCUT2D eigenvalue weighted by molar-refractivity contribution is 5.77. The Morgan fingerprint density at radius 2 is 1.89 bits per heavy atom. The Hall–Kier alpha value is -1.30. The van der Waals surface area contributed by atoms with E-state index in [-0.39, 0.29) is 18.7 Å². The molecular weight excluding hydrogens is 248 g/mol. The second-order valence-electron chi connectivity index (χ2n) is 5.81. The summed E-state index contributed by atoms with van der Waals surface area (Å²) in [4.78, 5) is 27.0. The Labute approximate surface area is 113 Å². The Morgan fingerprint density at radius 3 is 2.42 bits per heavy atom. The van der Waals surface area contributed by atoms with Gasteiger partial charge in [0.1, 0.15) is 0 Å². The minimum atomic E-state index is -0.783. The Balaban J connectivity index is 1.94. The van der Waals surface area contributed by atoms with Gasteiger partial charge < -0.3 is 20.0 Å². The van der Waals surface area contributed by atoms with E-state index < -0.39 is 11.4 Å². The quantitative estimate of drug-likeness (QED) is 0.776. The van der Waals surface area contributed by atoms with E-state index in [1.54, 1.807) is 16.7 Å². The number of aliphatic hydroxyl groups excluding tert-OH is 1. The number of piperidine rings is 1. The molecule has 0 bridgehead atoms. The highest BCUT2D eigenvalue weighted by Gasteiger charge is 2.40. The monoisotopic (exact) mass is 270 g/mol. The first-order valence-corrected chi connectivity index (χ1v) is 6.88. The van der Waals surface area contributed by atoms with E-state index in [1.165, 1.54) is 0 Å². The van der Waals surface area contributed by atoms with Crippen LogP contribution in [0, 0.1) is 5.41 Å². The highest BCUT2D eigenvalue weighted by Crippen LogP contribution is 2.32. The highest BCUT2D eigenvalue weighted by atomic mass is 16.4. The fraction of sp³-hybridized carbons (Fsp3) is 0.846. The minimum absolute atomic E-state index is 0.00637. The first-order valence-electron chi connectivity index (χ1n) is 6.88. The van der Waals surface area contributed by atoms with Crippen molar-refractivity contribution in [3.63, 3.8) is 0 Å². The molecule has 1 atom stereocenters. The zero-order valence-electron chi connectivity index (χ0n) is 11.3. The van der Waals surface area contributed by atoms with Gasteiger partial charge >= 0.3 is 12.0 Å². The number of aliphatic carboxylic acids is 1. The molecule has 0 aromatic carbocycles. The summed E-state index contributed by atoms with van der Waals surface area (Å²) in [6.45, 7) is 3.40. The van der Waals surface area contributed by atoms with Gasteiger partial charge in [0.05, 0.1) is 18.1 Å².